The summed E-state index contributed by atoms with van der Waals surface area (Å²) >= 11 is 3.44. The van der Waals surface area contributed by atoms with Gasteiger partial charge in [0.2, 0.25) is 0 Å². The maximum absolute atomic E-state index is 12.5. The van der Waals surface area contributed by atoms with Gasteiger partial charge >= 0.3 is 0 Å². The molecule has 1 aromatic heterocycles. The zero-order valence-corrected chi connectivity index (χ0v) is 20.1. The summed E-state index contributed by atoms with van der Waals surface area (Å²) in [6.07, 6.45) is 1.47. The molecule has 2 aromatic carbocycles. The first-order valence-electron chi connectivity index (χ1n) is 10.4. The Labute approximate surface area is 201 Å². The van der Waals surface area contributed by atoms with Crippen LogP contribution in [0.15, 0.2) is 71.5 Å². The van der Waals surface area contributed by atoms with E-state index < -0.39 is 39.8 Å². The van der Waals surface area contributed by atoms with Gasteiger partial charge in [-0.05, 0) is 23.3 Å². The van der Waals surface area contributed by atoms with Crippen molar-refractivity contribution in [3.05, 3.63) is 88.2 Å². The van der Waals surface area contributed by atoms with Crippen LogP contribution in [0.1, 0.15) is 22.6 Å². The van der Waals surface area contributed by atoms with Crippen molar-refractivity contribution in [2.24, 2.45) is 5.92 Å². The molecule has 2 aliphatic rings. The number of rotatable bonds is 5. The molecule has 3 aromatic rings. The fourth-order valence-corrected chi connectivity index (χ4v) is 6.62. The molecule has 0 unspecified atom stereocenters. The molecular formula is C24H22BrNO6S. The minimum atomic E-state index is -2.85. The standard InChI is InChI=1S/C24H22BrNO6S/c1-31-18-11-26-12-19-21(18)23(28)22(27)17(13-33(29)30)20(14-5-3-2-4-6-14)24(23,32-19)15-7-9-16(25)10-8-15/h2-12,17,20,22,27-28,33H,13H2,1H3/t17-,20-,22+,23+,24+/m1/s1. The van der Waals surface area contributed by atoms with Gasteiger partial charge in [0.15, 0.2) is 11.2 Å². The second kappa shape index (κ2) is 8.09. The predicted octanol–water partition coefficient (Wildman–Crippen LogP) is 2.71. The van der Waals surface area contributed by atoms with Gasteiger partial charge in [0.25, 0.3) is 0 Å². The van der Waals surface area contributed by atoms with E-state index in [4.69, 9.17) is 9.47 Å². The van der Waals surface area contributed by atoms with Crippen molar-refractivity contribution in [1.82, 2.24) is 4.98 Å². The van der Waals surface area contributed by atoms with Crippen LogP contribution in [-0.2, 0) is 21.9 Å². The SMILES string of the molecule is COc1cncc2c1[C@]1(O)[C@@H](O)[C@H](C[SH](=O)=O)[C@@H](c3ccccc3)[C@]1(c1ccc(Br)cc1)O2. The first kappa shape index (κ1) is 22.3. The number of ether oxygens (including phenoxy) is 2. The Morgan fingerprint density at radius 1 is 1.12 bits per heavy atom. The van der Waals surface area contributed by atoms with Crippen LogP contribution < -0.4 is 9.47 Å². The Kier molecular flexibility index (Phi) is 5.48. The third-order valence-electron chi connectivity index (χ3n) is 6.81. The molecule has 1 fully saturated rings. The second-order valence-electron chi connectivity index (χ2n) is 8.34. The Morgan fingerprint density at radius 3 is 2.45 bits per heavy atom. The first-order valence-corrected chi connectivity index (χ1v) is 12.5. The van der Waals surface area contributed by atoms with Gasteiger partial charge in [-0.3, -0.25) is 4.98 Å². The van der Waals surface area contributed by atoms with Crippen LogP contribution in [-0.4, -0.2) is 42.6 Å². The molecular weight excluding hydrogens is 510 g/mol. The highest BCUT2D eigenvalue weighted by Crippen LogP contribution is 2.69. The van der Waals surface area contributed by atoms with E-state index >= 15 is 0 Å². The molecule has 172 valence electrons. The Morgan fingerprint density at radius 2 is 1.82 bits per heavy atom. The van der Waals surface area contributed by atoms with Crippen LogP contribution in [0.2, 0.25) is 0 Å². The highest BCUT2D eigenvalue weighted by Gasteiger charge is 2.76. The zero-order chi connectivity index (χ0) is 23.4. The molecule has 9 heteroatoms. The van der Waals surface area contributed by atoms with Crippen LogP contribution in [0.5, 0.6) is 11.5 Å². The van der Waals surface area contributed by atoms with Gasteiger partial charge < -0.3 is 19.7 Å². The molecule has 5 atom stereocenters. The Bertz CT molecular complexity index is 1260. The van der Waals surface area contributed by atoms with Gasteiger partial charge in [-0.2, -0.15) is 0 Å². The fraction of sp³-hybridized carbons (Fsp3) is 0.292. The van der Waals surface area contributed by atoms with Gasteiger partial charge in [-0.15, -0.1) is 0 Å². The van der Waals surface area contributed by atoms with Gasteiger partial charge in [0.1, 0.15) is 22.2 Å². The smallest absolute Gasteiger partial charge is 0.177 e. The first-order chi connectivity index (χ1) is 15.8. The van der Waals surface area contributed by atoms with Crippen molar-refractivity contribution in [3.63, 3.8) is 0 Å². The zero-order valence-electron chi connectivity index (χ0n) is 17.6. The number of aliphatic hydroxyl groups excluding tert-OH is 1. The lowest BCUT2D eigenvalue weighted by Gasteiger charge is -2.41. The number of nitrogens with zero attached hydrogens (tertiary/aromatic N) is 1. The number of benzene rings is 2. The topological polar surface area (TPSA) is 106 Å². The van der Waals surface area contributed by atoms with Crippen molar-refractivity contribution in [2.75, 3.05) is 12.9 Å². The average Bonchev–Trinajstić information content (AvgIpc) is 3.18. The summed E-state index contributed by atoms with van der Waals surface area (Å²) in [5, 5.41) is 24.1. The summed E-state index contributed by atoms with van der Waals surface area (Å²) in [6, 6.07) is 16.5. The molecule has 0 amide bonds. The number of thiol groups is 1. The van der Waals surface area contributed by atoms with Crippen molar-refractivity contribution < 1.29 is 28.1 Å². The molecule has 33 heavy (non-hydrogen) atoms. The monoisotopic (exact) mass is 531 g/mol. The third kappa shape index (κ3) is 3.06. The Hall–Kier alpha value is -2.46. The predicted molar refractivity (Wildman–Crippen MR) is 125 cm³/mol. The van der Waals surface area contributed by atoms with Crippen molar-refractivity contribution >= 4 is 26.6 Å². The number of hydrogen-bond donors (Lipinski definition) is 3. The van der Waals surface area contributed by atoms with E-state index in [0.717, 1.165) is 10.0 Å². The highest BCUT2D eigenvalue weighted by atomic mass is 79.9. The van der Waals surface area contributed by atoms with Crippen molar-refractivity contribution in [1.29, 1.82) is 0 Å². The van der Waals surface area contributed by atoms with Gasteiger partial charge in [-0.25, -0.2) is 8.42 Å². The van der Waals surface area contributed by atoms with Gasteiger partial charge in [0, 0.05) is 16.3 Å². The molecule has 2 heterocycles. The molecule has 5 rings (SSSR count). The second-order valence-corrected chi connectivity index (χ2v) is 10.3. The van der Waals surface area contributed by atoms with E-state index in [2.05, 4.69) is 20.9 Å². The number of aliphatic hydroxyl groups is 2. The average molecular weight is 532 g/mol. The maximum Gasteiger partial charge on any atom is 0.177 e. The van der Waals surface area contributed by atoms with Crippen molar-refractivity contribution in [2.45, 2.75) is 23.2 Å². The van der Waals surface area contributed by atoms with E-state index in [1.165, 1.54) is 19.5 Å². The lowest BCUT2D eigenvalue weighted by Crippen LogP contribution is -2.52. The van der Waals surface area contributed by atoms with E-state index in [-0.39, 0.29) is 22.8 Å². The minimum Gasteiger partial charge on any atom is -0.495 e. The minimum absolute atomic E-state index is 0.256. The van der Waals surface area contributed by atoms with Crippen LogP contribution in [0.4, 0.5) is 0 Å². The molecule has 1 aliphatic carbocycles. The summed E-state index contributed by atoms with van der Waals surface area (Å²) < 4.78 is 36.7. The lowest BCUT2D eigenvalue weighted by atomic mass is 9.71. The number of fused-ring (bicyclic) bond motifs is 3. The normalized spacial score (nSPS) is 30.0. The Balaban J connectivity index is 1.87. The molecule has 0 spiro atoms. The molecule has 1 saturated carbocycles. The van der Waals surface area contributed by atoms with Crippen LogP contribution >= 0.6 is 15.9 Å². The van der Waals surface area contributed by atoms with Crippen LogP contribution in [0, 0.1) is 5.92 Å². The molecule has 1 aliphatic heterocycles. The van der Waals surface area contributed by atoms with E-state index in [1.807, 2.05) is 54.6 Å². The van der Waals surface area contributed by atoms with Crippen molar-refractivity contribution in [3.8, 4) is 11.5 Å². The summed E-state index contributed by atoms with van der Waals surface area (Å²) in [4.78, 5) is 4.17. The van der Waals surface area contributed by atoms with E-state index in [9.17, 15) is 18.6 Å². The largest absolute Gasteiger partial charge is 0.495 e. The lowest BCUT2D eigenvalue weighted by molar-refractivity contribution is -0.151. The quantitative estimate of drug-likeness (QED) is 0.434. The molecule has 0 saturated heterocycles. The van der Waals surface area contributed by atoms with Crippen LogP contribution in [0.25, 0.3) is 0 Å². The third-order valence-corrected chi connectivity index (χ3v) is 8.05. The number of aromatic nitrogens is 1. The van der Waals surface area contributed by atoms with Gasteiger partial charge in [0.05, 0.1) is 36.9 Å². The summed E-state index contributed by atoms with van der Waals surface area (Å²) in [6.45, 7) is 0. The highest BCUT2D eigenvalue weighted by molar-refractivity contribution is 9.10. The van der Waals surface area contributed by atoms with E-state index in [0.29, 0.717) is 5.56 Å². The number of hydrogen-bond acceptors (Lipinski definition) is 7. The molecule has 0 radical (unpaired) electrons. The fourth-order valence-electron chi connectivity index (χ4n) is 5.61. The van der Waals surface area contributed by atoms with E-state index in [1.54, 1.807) is 0 Å². The number of methoxy groups -OCH3 is 1. The van der Waals surface area contributed by atoms with Crippen LogP contribution in [0.3, 0.4) is 0 Å². The molecule has 2 N–H and O–H groups in total. The number of halogens is 1. The summed E-state index contributed by atoms with van der Waals surface area (Å²) in [7, 11) is -1.40. The molecule has 7 nitrogen and oxygen atoms in total. The maximum atomic E-state index is 12.5. The summed E-state index contributed by atoms with van der Waals surface area (Å²) in [5.74, 6) is -1.31. The molecule has 0 bridgehead atoms. The summed E-state index contributed by atoms with van der Waals surface area (Å²) in [5.41, 5.74) is -1.91. The van der Waals surface area contributed by atoms with Gasteiger partial charge in [-0.1, -0.05) is 58.4 Å². The number of pyridine rings is 1.